The van der Waals surface area contributed by atoms with Crippen LogP contribution in [0.15, 0.2) is 5.18 Å². The van der Waals surface area contributed by atoms with Crippen molar-refractivity contribution in [3.63, 3.8) is 0 Å². The van der Waals surface area contributed by atoms with Gasteiger partial charge in [0, 0.05) is 25.7 Å². The SMILES string of the molecule is CCCC1(CCC)O[C@H]([C@H](N=O)[C@@H]2COC3(CCCCC3)O2)[C@H](C)O1. The minimum absolute atomic E-state index is 0.174. The first-order valence-electron chi connectivity index (χ1n) is 10.1. The van der Waals surface area contributed by atoms with E-state index in [4.69, 9.17) is 18.9 Å². The first kappa shape index (κ1) is 19.2. The van der Waals surface area contributed by atoms with Crippen molar-refractivity contribution in [1.82, 2.24) is 0 Å². The number of hydrogen-bond acceptors (Lipinski definition) is 6. The summed E-state index contributed by atoms with van der Waals surface area (Å²) in [6.45, 7) is 6.64. The minimum atomic E-state index is -0.591. The summed E-state index contributed by atoms with van der Waals surface area (Å²) in [6, 6.07) is -0.591. The summed E-state index contributed by atoms with van der Waals surface area (Å²) < 4.78 is 24.8. The predicted molar refractivity (Wildman–Crippen MR) is 94.2 cm³/mol. The van der Waals surface area contributed by atoms with Crippen molar-refractivity contribution >= 4 is 0 Å². The Morgan fingerprint density at radius 3 is 2.32 bits per heavy atom. The van der Waals surface area contributed by atoms with Crippen molar-refractivity contribution in [3.8, 4) is 0 Å². The zero-order chi connectivity index (χ0) is 17.9. The fraction of sp³-hybridized carbons (Fsp3) is 1.00. The average Bonchev–Trinajstić information content (AvgIpc) is 3.12. The van der Waals surface area contributed by atoms with Crippen molar-refractivity contribution in [3.05, 3.63) is 4.91 Å². The highest BCUT2D eigenvalue weighted by molar-refractivity contribution is 4.97. The van der Waals surface area contributed by atoms with Crippen LogP contribution >= 0.6 is 0 Å². The van der Waals surface area contributed by atoms with Gasteiger partial charge in [-0.2, -0.15) is 4.91 Å². The van der Waals surface area contributed by atoms with Crippen LogP contribution in [0, 0.1) is 4.91 Å². The molecule has 2 aliphatic heterocycles. The zero-order valence-electron chi connectivity index (χ0n) is 15.9. The van der Waals surface area contributed by atoms with Crippen molar-refractivity contribution in [2.75, 3.05) is 6.61 Å². The molecule has 0 aromatic rings. The lowest BCUT2D eigenvalue weighted by Gasteiger charge is -2.33. The third-order valence-electron chi connectivity index (χ3n) is 5.81. The van der Waals surface area contributed by atoms with E-state index < -0.39 is 17.6 Å². The van der Waals surface area contributed by atoms with Crippen LogP contribution in [-0.4, -0.2) is 42.5 Å². The molecule has 4 atom stereocenters. The molecule has 0 aromatic heterocycles. The van der Waals surface area contributed by atoms with Gasteiger partial charge in [-0.1, -0.05) is 38.3 Å². The molecule has 3 aliphatic rings. The molecular formula is C19H33NO5. The Balaban J connectivity index is 1.69. The molecule has 3 rings (SSSR count). The van der Waals surface area contributed by atoms with Crippen molar-refractivity contribution in [2.45, 2.75) is 114 Å². The van der Waals surface area contributed by atoms with Crippen molar-refractivity contribution < 1.29 is 18.9 Å². The number of hydrogen-bond donors (Lipinski definition) is 0. The molecule has 0 unspecified atom stereocenters. The molecule has 2 saturated heterocycles. The van der Waals surface area contributed by atoms with Crippen molar-refractivity contribution in [1.29, 1.82) is 0 Å². The third kappa shape index (κ3) is 3.92. The van der Waals surface area contributed by atoms with Gasteiger partial charge in [-0.15, -0.1) is 0 Å². The topological polar surface area (TPSA) is 66.4 Å². The summed E-state index contributed by atoms with van der Waals surface area (Å²) in [6.07, 6.45) is 7.99. The Morgan fingerprint density at radius 2 is 1.72 bits per heavy atom. The van der Waals surface area contributed by atoms with E-state index in [0.29, 0.717) is 6.61 Å². The number of nitroso groups, excluding NO2 is 1. The highest BCUT2D eigenvalue weighted by Gasteiger charge is 2.53. The maximum atomic E-state index is 11.7. The van der Waals surface area contributed by atoms with Crippen molar-refractivity contribution in [2.24, 2.45) is 5.18 Å². The normalized spacial score (nSPS) is 35.1. The van der Waals surface area contributed by atoms with Gasteiger partial charge in [0.2, 0.25) is 0 Å². The van der Waals surface area contributed by atoms with E-state index in [9.17, 15) is 4.91 Å². The zero-order valence-corrected chi connectivity index (χ0v) is 15.9. The molecular weight excluding hydrogens is 322 g/mol. The highest BCUT2D eigenvalue weighted by Crippen LogP contribution is 2.43. The molecule has 0 amide bonds. The van der Waals surface area contributed by atoms with E-state index in [1.54, 1.807) is 0 Å². The molecule has 1 saturated carbocycles. The van der Waals surface area contributed by atoms with E-state index >= 15 is 0 Å². The largest absolute Gasteiger partial charge is 0.347 e. The van der Waals surface area contributed by atoms with Crippen LogP contribution in [0.4, 0.5) is 0 Å². The molecule has 0 N–H and O–H groups in total. The van der Waals surface area contributed by atoms with Gasteiger partial charge in [-0.25, -0.2) is 0 Å². The summed E-state index contributed by atoms with van der Waals surface area (Å²) in [4.78, 5) is 11.7. The fourth-order valence-corrected chi connectivity index (χ4v) is 4.69. The van der Waals surface area contributed by atoms with E-state index in [1.165, 1.54) is 6.42 Å². The van der Waals surface area contributed by atoms with Crippen LogP contribution in [-0.2, 0) is 18.9 Å². The molecule has 1 spiro atoms. The Morgan fingerprint density at radius 1 is 1.04 bits per heavy atom. The first-order valence-corrected chi connectivity index (χ1v) is 10.1. The molecule has 6 heteroatoms. The molecule has 6 nitrogen and oxygen atoms in total. The second-order valence-corrected chi connectivity index (χ2v) is 7.85. The lowest BCUT2D eigenvalue weighted by atomic mass is 9.94. The molecule has 2 heterocycles. The smallest absolute Gasteiger partial charge is 0.169 e. The fourth-order valence-electron chi connectivity index (χ4n) is 4.69. The van der Waals surface area contributed by atoms with E-state index in [2.05, 4.69) is 19.0 Å². The molecule has 0 bridgehead atoms. The van der Waals surface area contributed by atoms with Gasteiger partial charge in [0.05, 0.1) is 12.7 Å². The second-order valence-electron chi connectivity index (χ2n) is 7.85. The Bertz CT molecular complexity index is 445. The molecule has 0 radical (unpaired) electrons. The van der Waals surface area contributed by atoms with Crippen LogP contribution in [0.2, 0.25) is 0 Å². The van der Waals surface area contributed by atoms with E-state index in [-0.39, 0.29) is 18.3 Å². The molecule has 25 heavy (non-hydrogen) atoms. The van der Waals surface area contributed by atoms with Gasteiger partial charge in [0.15, 0.2) is 11.6 Å². The number of ether oxygens (including phenoxy) is 4. The van der Waals surface area contributed by atoms with Crippen LogP contribution in [0.5, 0.6) is 0 Å². The van der Waals surface area contributed by atoms with Gasteiger partial charge < -0.3 is 18.9 Å². The highest BCUT2D eigenvalue weighted by atomic mass is 16.8. The summed E-state index contributed by atoms with van der Waals surface area (Å²) in [5, 5.41) is 3.41. The van der Waals surface area contributed by atoms with Gasteiger partial charge in [-0.05, 0) is 19.8 Å². The lowest BCUT2D eigenvalue weighted by Crippen LogP contribution is -2.44. The predicted octanol–water partition coefficient (Wildman–Crippen LogP) is 4.30. The Hall–Kier alpha value is -0.560. The van der Waals surface area contributed by atoms with Crippen LogP contribution < -0.4 is 0 Å². The van der Waals surface area contributed by atoms with Crippen LogP contribution in [0.3, 0.4) is 0 Å². The minimum Gasteiger partial charge on any atom is -0.347 e. The number of nitrogens with zero attached hydrogens (tertiary/aromatic N) is 1. The summed E-state index contributed by atoms with van der Waals surface area (Å²) in [7, 11) is 0. The van der Waals surface area contributed by atoms with E-state index in [1.807, 2.05) is 6.92 Å². The Kier molecular flexibility index (Phi) is 6.14. The van der Waals surface area contributed by atoms with Crippen LogP contribution in [0.25, 0.3) is 0 Å². The number of rotatable bonds is 7. The van der Waals surface area contributed by atoms with Crippen LogP contribution in [0.1, 0.15) is 78.6 Å². The molecule has 0 aromatic carbocycles. The van der Waals surface area contributed by atoms with Gasteiger partial charge in [0.25, 0.3) is 0 Å². The average molecular weight is 355 g/mol. The molecule has 1 aliphatic carbocycles. The Labute approximate surface area is 150 Å². The van der Waals surface area contributed by atoms with Gasteiger partial charge >= 0.3 is 0 Å². The van der Waals surface area contributed by atoms with E-state index in [0.717, 1.165) is 51.4 Å². The standard InChI is InChI=1S/C19H33NO5/c1-4-9-19(10-5-2)23-14(3)17(25-19)16(20-21)15-13-22-18(24-15)11-7-6-8-12-18/h14-17H,4-13H2,1-3H3/t14-,15-,16+,17-/m0/s1. The lowest BCUT2D eigenvalue weighted by molar-refractivity contribution is -0.199. The summed E-state index contributed by atoms with van der Waals surface area (Å²) in [5.41, 5.74) is 0. The molecule has 144 valence electrons. The maximum absolute atomic E-state index is 11.7. The monoisotopic (exact) mass is 355 g/mol. The van der Waals surface area contributed by atoms with Gasteiger partial charge in [-0.3, -0.25) is 0 Å². The summed E-state index contributed by atoms with van der Waals surface area (Å²) >= 11 is 0. The maximum Gasteiger partial charge on any atom is 0.169 e. The summed E-state index contributed by atoms with van der Waals surface area (Å²) in [5.74, 6) is -1.09. The molecule has 3 fully saturated rings. The first-order chi connectivity index (χ1) is 12.1. The second kappa shape index (κ2) is 7.99. The third-order valence-corrected chi connectivity index (χ3v) is 5.81. The quantitative estimate of drug-likeness (QED) is 0.637. The van der Waals surface area contributed by atoms with Gasteiger partial charge in [0.1, 0.15) is 18.2 Å².